The van der Waals surface area contributed by atoms with E-state index in [4.69, 9.17) is 4.74 Å². The standard InChI is InChI=1S/C17H17N3O4S/c1-24-17(23)13-11-5-2-6-12(11)25-16(13)20-15(22)14(21)19-9-10-4-3-7-18-8-10/h3-4,7-8H,2,5-6,9H2,1H3,(H,19,21)(H,20,22). The molecule has 0 aliphatic heterocycles. The quantitative estimate of drug-likeness (QED) is 0.639. The SMILES string of the molecule is COC(=O)c1c(NC(=O)C(=O)NCc2cccnc2)sc2c1CCC2. The Morgan fingerprint density at radius 2 is 2.12 bits per heavy atom. The predicted octanol–water partition coefficient (Wildman–Crippen LogP) is 1.67. The molecule has 0 bridgehead atoms. The number of pyridine rings is 1. The molecule has 0 fully saturated rings. The second kappa shape index (κ2) is 7.43. The van der Waals surface area contributed by atoms with Gasteiger partial charge < -0.3 is 15.4 Å². The Balaban J connectivity index is 1.68. The van der Waals surface area contributed by atoms with Crippen molar-refractivity contribution < 1.29 is 19.1 Å². The van der Waals surface area contributed by atoms with Crippen LogP contribution in [0.5, 0.6) is 0 Å². The van der Waals surface area contributed by atoms with Crippen LogP contribution in [0.1, 0.15) is 32.8 Å². The Morgan fingerprint density at radius 3 is 2.84 bits per heavy atom. The van der Waals surface area contributed by atoms with Crippen molar-refractivity contribution in [1.82, 2.24) is 10.3 Å². The van der Waals surface area contributed by atoms with Gasteiger partial charge in [-0.15, -0.1) is 11.3 Å². The Labute approximate surface area is 148 Å². The summed E-state index contributed by atoms with van der Waals surface area (Å²) in [6.07, 6.45) is 5.86. The summed E-state index contributed by atoms with van der Waals surface area (Å²) in [5.41, 5.74) is 2.07. The minimum Gasteiger partial charge on any atom is -0.465 e. The number of hydrogen-bond donors (Lipinski definition) is 2. The van der Waals surface area contributed by atoms with Crippen LogP contribution < -0.4 is 10.6 Å². The van der Waals surface area contributed by atoms with E-state index in [-0.39, 0.29) is 6.54 Å². The summed E-state index contributed by atoms with van der Waals surface area (Å²) in [7, 11) is 1.30. The fourth-order valence-corrected chi connectivity index (χ4v) is 4.01. The van der Waals surface area contributed by atoms with Crippen molar-refractivity contribution >= 4 is 34.1 Å². The van der Waals surface area contributed by atoms with Crippen LogP contribution in [0.4, 0.5) is 5.00 Å². The monoisotopic (exact) mass is 359 g/mol. The highest BCUT2D eigenvalue weighted by Crippen LogP contribution is 2.39. The van der Waals surface area contributed by atoms with Gasteiger partial charge in [-0.1, -0.05) is 6.07 Å². The number of thiophene rings is 1. The molecule has 25 heavy (non-hydrogen) atoms. The van der Waals surface area contributed by atoms with Crippen LogP contribution in [-0.2, 0) is 33.7 Å². The number of carbonyl (C=O) groups excluding carboxylic acids is 3. The number of hydrogen-bond acceptors (Lipinski definition) is 6. The van der Waals surface area contributed by atoms with Crippen molar-refractivity contribution in [2.75, 3.05) is 12.4 Å². The van der Waals surface area contributed by atoms with Gasteiger partial charge in [0.2, 0.25) is 0 Å². The number of rotatable bonds is 4. The summed E-state index contributed by atoms with van der Waals surface area (Å²) < 4.78 is 4.82. The fraction of sp³-hybridized carbons (Fsp3) is 0.294. The van der Waals surface area contributed by atoms with E-state index < -0.39 is 17.8 Å². The van der Waals surface area contributed by atoms with Crippen LogP contribution in [0.2, 0.25) is 0 Å². The highest BCUT2D eigenvalue weighted by Gasteiger charge is 2.29. The third-order valence-corrected chi connectivity index (χ3v) is 5.13. The number of nitrogens with one attached hydrogen (secondary N) is 2. The van der Waals surface area contributed by atoms with Crippen LogP contribution in [0.15, 0.2) is 24.5 Å². The van der Waals surface area contributed by atoms with Crippen molar-refractivity contribution in [3.63, 3.8) is 0 Å². The summed E-state index contributed by atoms with van der Waals surface area (Å²) in [4.78, 5) is 41.2. The van der Waals surface area contributed by atoms with E-state index in [1.165, 1.54) is 18.4 Å². The van der Waals surface area contributed by atoms with E-state index in [2.05, 4.69) is 15.6 Å². The first kappa shape index (κ1) is 17.1. The highest BCUT2D eigenvalue weighted by atomic mass is 32.1. The average molecular weight is 359 g/mol. The molecule has 3 rings (SSSR count). The van der Waals surface area contributed by atoms with Gasteiger partial charge in [-0.2, -0.15) is 0 Å². The maximum atomic E-state index is 12.1. The molecule has 8 heteroatoms. The number of aryl methyl sites for hydroxylation is 1. The normalized spacial score (nSPS) is 12.4. The molecule has 0 saturated carbocycles. The van der Waals surface area contributed by atoms with Gasteiger partial charge in [-0.3, -0.25) is 14.6 Å². The van der Waals surface area contributed by atoms with Gasteiger partial charge in [-0.05, 0) is 36.5 Å². The molecule has 0 aromatic carbocycles. The van der Waals surface area contributed by atoms with Gasteiger partial charge >= 0.3 is 17.8 Å². The fourth-order valence-electron chi connectivity index (χ4n) is 2.74. The summed E-state index contributed by atoms with van der Waals surface area (Å²) in [5, 5.41) is 5.44. The third kappa shape index (κ3) is 3.69. The summed E-state index contributed by atoms with van der Waals surface area (Å²) in [6.45, 7) is 0.199. The van der Waals surface area contributed by atoms with E-state index in [1.807, 2.05) is 0 Å². The van der Waals surface area contributed by atoms with Crippen molar-refractivity contribution in [1.29, 1.82) is 0 Å². The number of aromatic nitrogens is 1. The molecule has 0 radical (unpaired) electrons. The Hall–Kier alpha value is -2.74. The van der Waals surface area contributed by atoms with Gasteiger partial charge in [0, 0.05) is 23.8 Å². The van der Waals surface area contributed by atoms with Crippen molar-refractivity contribution in [3.8, 4) is 0 Å². The zero-order chi connectivity index (χ0) is 17.8. The van der Waals surface area contributed by atoms with Crippen molar-refractivity contribution in [3.05, 3.63) is 46.1 Å². The molecule has 1 aliphatic carbocycles. The van der Waals surface area contributed by atoms with E-state index in [1.54, 1.807) is 24.5 Å². The van der Waals surface area contributed by atoms with E-state index in [9.17, 15) is 14.4 Å². The van der Waals surface area contributed by atoms with E-state index >= 15 is 0 Å². The smallest absolute Gasteiger partial charge is 0.341 e. The number of fused-ring (bicyclic) bond motifs is 1. The Kier molecular flexibility index (Phi) is 5.08. The van der Waals surface area contributed by atoms with E-state index in [0.29, 0.717) is 10.6 Å². The first-order valence-corrected chi connectivity index (χ1v) is 8.62. The number of carbonyl (C=O) groups is 3. The number of methoxy groups -OCH3 is 1. The third-order valence-electron chi connectivity index (χ3n) is 3.92. The van der Waals surface area contributed by atoms with Crippen LogP contribution in [0, 0.1) is 0 Å². The molecule has 7 nitrogen and oxygen atoms in total. The van der Waals surface area contributed by atoms with E-state index in [0.717, 1.165) is 35.3 Å². The van der Waals surface area contributed by atoms with Crippen LogP contribution in [-0.4, -0.2) is 29.9 Å². The minimum absolute atomic E-state index is 0.199. The van der Waals surface area contributed by atoms with Gasteiger partial charge in [0.05, 0.1) is 12.7 Å². The first-order valence-electron chi connectivity index (χ1n) is 7.81. The predicted molar refractivity (Wildman–Crippen MR) is 92.4 cm³/mol. The molecule has 0 atom stereocenters. The molecule has 2 amide bonds. The lowest BCUT2D eigenvalue weighted by atomic mass is 10.1. The Morgan fingerprint density at radius 1 is 1.28 bits per heavy atom. The van der Waals surface area contributed by atoms with Gasteiger partial charge in [0.1, 0.15) is 5.00 Å². The summed E-state index contributed by atoms with van der Waals surface area (Å²) in [6, 6.07) is 3.54. The maximum absolute atomic E-state index is 12.1. The van der Waals surface area contributed by atoms with Crippen molar-refractivity contribution in [2.24, 2.45) is 0 Å². The lowest BCUT2D eigenvalue weighted by Gasteiger charge is -2.07. The number of nitrogens with zero attached hydrogens (tertiary/aromatic N) is 1. The second-order valence-corrected chi connectivity index (χ2v) is 6.66. The molecule has 1 aliphatic rings. The van der Waals surface area contributed by atoms with Gasteiger partial charge in [-0.25, -0.2) is 4.79 Å². The zero-order valence-electron chi connectivity index (χ0n) is 13.6. The largest absolute Gasteiger partial charge is 0.465 e. The maximum Gasteiger partial charge on any atom is 0.341 e. The average Bonchev–Trinajstić information content (AvgIpc) is 3.20. The Bertz CT molecular complexity index is 817. The molecule has 2 aromatic heterocycles. The van der Waals surface area contributed by atoms with Crippen LogP contribution in [0.3, 0.4) is 0 Å². The molecule has 0 saturated heterocycles. The zero-order valence-corrected chi connectivity index (χ0v) is 14.4. The number of amides is 2. The molecule has 130 valence electrons. The van der Waals surface area contributed by atoms with Crippen molar-refractivity contribution in [2.45, 2.75) is 25.8 Å². The second-order valence-electron chi connectivity index (χ2n) is 5.55. The molecule has 0 spiro atoms. The lowest BCUT2D eigenvalue weighted by molar-refractivity contribution is -0.136. The minimum atomic E-state index is -0.811. The number of anilines is 1. The number of ether oxygens (including phenoxy) is 1. The topological polar surface area (TPSA) is 97.4 Å². The molecule has 2 N–H and O–H groups in total. The molecule has 0 unspecified atom stereocenters. The van der Waals surface area contributed by atoms with Gasteiger partial charge in [0.25, 0.3) is 0 Å². The molecule has 2 aromatic rings. The molecular formula is C17H17N3O4S. The summed E-state index contributed by atoms with van der Waals surface area (Å²) in [5.74, 6) is -2.08. The summed E-state index contributed by atoms with van der Waals surface area (Å²) >= 11 is 1.33. The molecule has 2 heterocycles. The highest BCUT2D eigenvalue weighted by molar-refractivity contribution is 7.17. The lowest BCUT2D eigenvalue weighted by Crippen LogP contribution is -2.35. The molecular weight excluding hydrogens is 342 g/mol. The number of esters is 1. The first-order chi connectivity index (χ1) is 12.1. The van der Waals surface area contributed by atoms with Gasteiger partial charge in [0.15, 0.2) is 0 Å². The van der Waals surface area contributed by atoms with Crippen LogP contribution >= 0.6 is 11.3 Å². The van der Waals surface area contributed by atoms with Crippen LogP contribution in [0.25, 0.3) is 0 Å².